The van der Waals surface area contributed by atoms with Crippen LogP contribution >= 0.6 is 22.6 Å². The standard InChI is InChI=1S/C24H23IN4O4/c1-3-5-19-12-18(14-27-28-23-11-10-21(15-26-23)29(30)31)13-22(32-4-2)24(19)33-16-17-6-8-20(25)9-7-17/h3,6-15H,1,4-5,16H2,2H3,(H,26,28)/b27-14+. The van der Waals surface area contributed by atoms with Gasteiger partial charge in [0.1, 0.15) is 18.6 Å². The third-order valence-electron chi connectivity index (χ3n) is 4.47. The molecular formula is C24H23IN4O4. The van der Waals surface area contributed by atoms with Crippen molar-refractivity contribution in [1.82, 2.24) is 4.98 Å². The van der Waals surface area contributed by atoms with Gasteiger partial charge in [-0.1, -0.05) is 18.2 Å². The van der Waals surface area contributed by atoms with Crippen LogP contribution in [0.5, 0.6) is 11.5 Å². The number of rotatable bonds is 11. The molecule has 0 radical (unpaired) electrons. The molecule has 33 heavy (non-hydrogen) atoms. The molecule has 9 heteroatoms. The fraction of sp³-hybridized carbons (Fsp3) is 0.167. The molecule has 3 rings (SSSR count). The predicted octanol–water partition coefficient (Wildman–Crippen LogP) is 5.75. The fourth-order valence-corrected chi connectivity index (χ4v) is 3.32. The Morgan fingerprint density at radius 3 is 2.64 bits per heavy atom. The molecule has 0 unspecified atom stereocenters. The van der Waals surface area contributed by atoms with Crippen molar-refractivity contribution < 1.29 is 14.4 Å². The summed E-state index contributed by atoms with van der Waals surface area (Å²) in [5, 5.41) is 14.9. The average molecular weight is 558 g/mol. The summed E-state index contributed by atoms with van der Waals surface area (Å²) in [5.74, 6) is 1.69. The first-order valence-electron chi connectivity index (χ1n) is 10.2. The number of benzene rings is 2. The summed E-state index contributed by atoms with van der Waals surface area (Å²) in [4.78, 5) is 14.2. The van der Waals surface area contributed by atoms with Crippen LogP contribution in [-0.2, 0) is 13.0 Å². The molecule has 0 fully saturated rings. The van der Waals surface area contributed by atoms with E-state index in [1.54, 1.807) is 6.21 Å². The maximum absolute atomic E-state index is 10.7. The molecule has 0 amide bonds. The molecule has 0 spiro atoms. The monoisotopic (exact) mass is 558 g/mol. The molecule has 2 aromatic carbocycles. The van der Waals surface area contributed by atoms with E-state index in [1.165, 1.54) is 21.9 Å². The Labute approximate surface area is 205 Å². The zero-order valence-electron chi connectivity index (χ0n) is 18.0. The molecular weight excluding hydrogens is 535 g/mol. The van der Waals surface area contributed by atoms with E-state index in [0.29, 0.717) is 37.0 Å². The van der Waals surface area contributed by atoms with Crippen molar-refractivity contribution in [3.8, 4) is 11.5 Å². The first kappa shape index (κ1) is 24.2. The number of halogens is 1. The number of hydrogen-bond acceptors (Lipinski definition) is 7. The summed E-state index contributed by atoms with van der Waals surface area (Å²) in [7, 11) is 0. The van der Waals surface area contributed by atoms with Crippen molar-refractivity contribution in [2.24, 2.45) is 5.10 Å². The largest absolute Gasteiger partial charge is 0.490 e. The van der Waals surface area contributed by atoms with E-state index in [0.717, 1.165) is 16.7 Å². The lowest BCUT2D eigenvalue weighted by Gasteiger charge is -2.17. The Hall–Kier alpha value is -3.47. The topological polar surface area (TPSA) is 98.9 Å². The molecule has 8 nitrogen and oxygen atoms in total. The van der Waals surface area contributed by atoms with Gasteiger partial charge in [-0.15, -0.1) is 6.58 Å². The zero-order chi connectivity index (χ0) is 23.6. The van der Waals surface area contributed by atoms with Gasteiger partial charge in [-0.2, -0.15) is 5.10 Å². The number of hydrazone groups is 1. The SMILES string of the molecule is C=CCc1cc(/C=N/Nc2ccc([N+](=O)[O-])cn2)cc(OCC)c1OCc1ccc(I)cc1. The van der Waals surface area contributed by atoms with Crippen LogP contribution < -0.4 is 14.9 Å². The minimum absolute atomic E-state index is 0.0826. The number of allylic oxidation sites excluding steroid dienone is 1. The van der Waals surface area contributed by atoms with E-state index in [2.05, 4.69) is 44.7 Å². The third kappa shape index (κ3) is 7.01. The second kappa shape index (κ2) is 12.0. The number of hydrogen-bond donors (Lipinski definition) is 1. The van der Waals surface area contributed by atoms with Crippen LogP contribution in [0.1, 0.15) is 23.6 Å². The van der Waals surface area contributed by atoms with Gasteiger partial charge < -0.3 is 9.47 Å². The Bertz CT molecular complexity index is 1130. The molecule has 0 bridgehead atoms. The van der Waals surface area contributed by atoms with E-state index in [-0.39, 0.29) is 5.69 Å². The molecule has 0 aliphatic rings. The molecule has 1 N–H and O–H groups in total. The Balaban J connectivity index is 1.80. The van der Waals surface area contributed by atoms with Crippen LogP contribution in [0.15, 0.2) is 72.5 Å². The number of aromatic nitrogens is 1. The van der Waals surface area contributed by atoms with Gasteiger partial charge in [-0.05, 0) is 77.4 Å². The van der Waals surface area contributed by atoms with Crippen molar-refractivity contribution in [1.29, 1.82) is 0 Å². The quantitative estimate of drug-likeness (QED) is 0.106. The number of anilines is 1. The molecule has 0 aliphatic heterocycles. The predicted molar refractivity (Wildman–Crippen MR) is 137 cm³/mol. The van der Waals surface area contributed by atoms with Gasteiger partial charge in [0.15, 0.2) is 11.5 Å². The zero-order valence-corrected chi connectivity index (χ0v) is 20.2. The van der Waals surface area contributed by atoms with E-state index < -0.39 is 4.92 Å². The normalized spacial score (nSPS) is 10.7. The van der Waals surface area contributed by atoms with Crippen molar-refractivity contribution in [3.63, 3.8) is 0 Å². The summed E-state index contributed by atoms with van der Waals surface area (Å²) in [6, 6.07) is 14.8. The maximum atomic E-state index is 10.7. The minimum Gasteiger partial charge on any atom is -0.490 e. The number of nitrogens with zero attached hydrogens (tertiary/aromatic N) is 3. The lowest BCUT2D eigenvalue weighted by molar-refractivity contribution is -0.385. The molecule has 1 aromatic heterocycles. The maximum Gasteiger partial charge on any atom is 0.287 e. The van der Waals surface area contributed by atoms with Crippen molar-refractivity contribution >= 4 is 40.3 Å². The third-order valence-corrected chi connectivity index (χ3v) is 5.19. The molecule has 0 atom stereocenters. The molecule has 1 heterocycles. The smallest absolute Gasteiger partial charge is 0.287 e. The van der Waals surface area contributed by atoms with Crippen molar-refractivity contribution in [2.45, 2.75) is 20.0 Å². The Morgan fingerprint density at radius 1 is 1.21 bits per heavy atom. The first-order valence-corrected chi connectivity index (χ1v) is 11.3. The van der Waals surface area contributed by atoms with Crippen LogP contribution in [0.25, 0.3) is 0 Å². The highest BCUT2D eigenvalue weighted by molar-refractivity contribution is 14.1. The number of nitro groups is 1. The molecule has 0 saturated heterocycles. The summed E-state index contributed by atoms with van der Waals surface area (Å²) in [6.45, 7) is 6.67. The first-order chi connectivity index (χ1) is 16.0. The van der Waals surface area contributed by atoms with Crippen LogP contribution in [0.2, 0.25) is 0 Å². The number of nitrogens with one attached hydrogen (secondary N) is 1. The van der Waals surface area contributed by atoms with Gasteiger partial charge in [0.2, 0.25) is 0 Å². The fourth-order valence-electron chi connectivity index (χ4n) is 2.96. The minimum atomic E-state index is -0.501. The van der Waals surface area contributed by atoms with E-state index >= 15 is 0 Å². The number of ether oxygens (including phenoxy) is 2. The van der Waals surface area contributed by atoms with Crippen LogP contribution in [0.3, 0.4) is 0 Å². The molecule has 0 aliphatic carbocycles. The second-order valence-electron chi connectivity index (χ2n) is 6.88. The van der Waals surface area contributed by atoms with Gasteiger partial charge in [0.25, 0.3) is 5.69 Å². The van der Waals surface area contributed by atoms with E-state index in [9.17, 15) is 10.1 Å². The Morgan fingerprint density at radius 2 is 2.00 bits per heavy atom. The molecule has 170 valence electrons. The van der Waals surface area contributed by atoms with Crippen LogP contribution in [0.4, 0.5) is 11.5 Å². The summed E-state index contributed by atoms with van der Waals surface area (Å²) < 4.78 is 13.2. The van der Waals surface area contributed by atoms with Gasteiger partial charge in [-0.3, -0.25) is 15.5 Å². The van der Waals surface area contributed by atoms with Gasteiger partial charge in [0.05, 0.1) is 17.7 Å². The van der Waals surface area contributed by atoms with Gasteiger partial charge >= 0.3 is 0 Å². The van der Waals surface area contributed by atoms with E-state index in [4.69, 9.17) is 9.47 Å². The summed E-state index contributed by atoms with van der Waals surface area (Å²) in [6.07, 6.45) is 5.21. The van der Waals surface area contributed by atoms with E-state index in [1.807, 2.05) is 49.4 Å². The van der Waals surface area contributed by atoms with Crippen molar-refractivity contribution in [2.75, 3.05) is 12.0 Å². The lowest BCUT2D eigenvalue weighted by atomic mass is 10.1. The second-order valence-corrected chi connectivity index (χ2v) is 8.12. The number of pyridine rings is 1. The van der Waals surface area contributed by atoms with Crippen LogP contribution in [0, 0.1) is 13.7 Å². The summed E-state index contributed by atoms with van der Waals surface area (Å²) >= 11 is 2.27. The summed E-state index contributed by atoms with van der Waals surface area (Å²) in [5.41, 5.74) is 5.48. The molecule has 0 saturated carbocycles. The average Bonchev–Trinajstić information content (AvgIpc) is 2.80. The lowest BCUT2D eigenvalue weighted by Crippen LogP contribution is -2.04. The van der Waals surface area contributed by atoms with Crippen molar-refractivity contribution in [3.05, 3.63) is 97.8 Å². The van der Waals surface area contributed by atoms with Crippen LogP contribution in [-0.4, -0.2) is 22.7 Å². The highest BCUT2D eigenvalue weighted by Crippen LogP contribution is 2.34. The van der Waals surface area contributed by atoms with Gasteiger partial charge in [-0.25, -0.2) is 4.98 Å². The highest BCUT2D eigenvalue weighted by Gasteiger charge is 2.13. The Kier molecular flexibility index (Phi) is 8.76. The molecule has 3 aromatic rings. The highest BCUT2D eigenvalue weighted by atomic mass is 127. The van der Waals surface area contributed by atoms with Gasteiger partial charge in [0, 0.05) is 15.2 Å².